The molecule has 0 radical (unpaired) electrons. The van der Waals surface area contributed by atoms with Gasteiger partial charge < -0.3 is 20.4 Å². The molecular formula is C39H43F2N9O4S. The van der Waals surface area contributed by atoms with Crippen molar-refractivity contribution in [1.29, 1.82) is 0 Å². The molecule has 1 unspecified atom stereocenters. The van der Waals surface area contributed by atoms with Gasteiger partial charge >= 0.3 is 5.69 Å². The Morgan fingerprint density at radius 2 is 1.73 bits per heavy atom. The number of carbonyl (C=O) groups is 3. The predicted octanol–water partition coefficient (Wildman–Crippen LogP) is 4.44. The summed E-state index contributed by atoms with van der Waals surface area (Å²) in [6, 6.07) is 11.7. The fraction of sp³-hybridized carbons (Fsp3) is 0.462. The Morgan fingerprint density at radius 1 is 0.945 bits per heavy atom. The molecule has 4 aliphatic rings. The van der Waals surface area contributed by atoms with Gasteiger partial charge in [-0.3, -0.25) is 33.7 Å². The Kier molecular flexibility index (Phi) is 8.60. The lowest BCUT2D eigenvalue weighted by atomic mass is 9.94. The molecule has 288 valence electrons. The Balaban J connectivity index is 0.869. The van der Waals surface area contributed by atoms with Crippen molar-refractivity contribution in [3.05, 3.63) is 57.8 Å². The molecule has 3 saturated heterocycles. The first kappa shape index (κ1) is 35.6. The molecule has 4 aliphatic heterocycles. The van der Waals surface area contributed by atoms with Gasteiger partial charge in [0.05, 0.1) is 34.8 Å². The number of anilines is 3. The largest absolute Gasteiger partial charge is 0.381 e. The minimum Gasteiger partial charge on any atom is -0.381 e. The summed E-state index contributed by atoms with van der Waals surface area (Å²) < 4.78 is 36.1. The molecule has 2 aromatic carbocycles. The summed E-state index contributed by atoms with van der Waals surface area (Å²) in [4.78, 5) is 61.7. The van der Waals surface area contributed by atoms with Crippen LogP contribution in [0.1, 0.15) is 54.7 Å². The van der Waals surface area contributed by atoms with E-state index in [1.165, 1.54) is 20.5 Å². The van der Waals surface area contributed by atoms with Crippen molar-refractivity contribution in [3.8, 4) is 0 Å². The number of piperidine rings is 3. The number of nitrogens with one attached hydrogen (secondary N) is 3. The second kappa shape index (κ2) is 13.3. The van der Waals surface area contributed by atoms with Crippen LogP contribution in [0.25, 0.3) is 32.0 Å². The Bertz CT molecular complexity index is 2450. The van der Waals surface area contributed by atoms with E-state index in [0.29, 0.717) is 72.7 Å². The molecule has 3 aromatic heterocycles. The lowest BCUT2D eigenvalue weighted by molar-refractivity contribution is -0.135. The van der Waals surface area contributed by atoms with E-state index < -0.39 is 30.5 Å². The first-order chi connectivity index (χ1) is 26.4. The molecule has 7 heterocycles. The molecule has 16 heteroatoms. The van der Waals surface area contributed by atoms with Crippen molar-refractivity contribution in [2.24, 2.45) is 7.05 Å². The summed E-state index contributed by atoms with van der Waals surface area (Å²) in [6.07, 6.45) is 2.17. The molecule has 5 aromatic rings. The third-order valence-electron chi connectivity index (χ3n) is 12.1. The smallest absolute Gasteiger partial charge is 0.329 e. The van der Waals surface area contributed by atoms with Gasteiger partial charge in [0.1, 0.15) is 16.7 Å². The quantitative estimate of drug-likeness (QED) is 0.222. The second-order valence-electron chi connectivity index (χ2n) is 15.5. The first-order valence-electron chi connectivity index (χ1n) is 18.9. The van der Waals surface area contributed by atoms with Gasteiger partial charge in [0, 0.05) is 72.9 Å². The van der Waals surface area contributed by atoms with Crippen LogP contribution in [0.4, 0.5) is 26.0 Å². The number of amides is 3. The van der Waals surface area contributed by atoms with Crippen molar-refractivity contribution < 1.29 is 23.2 Å². The van der Waals surface area contributed by atoms with Gasteiger partial charge in [-0.15, -0.1) is 11.3 Å². The number of pyridine rings is 1. The van der Waals surface area contributed by atoms with Crippen molar-refractivity contribution in [3.63, 3.8) is 0 Å². The summed E-state index contributed by atoms with van der Waals surface area (Å²) in [5.74, 6) is -3.35. The number of imide groups is 1. The predicted molar refractivity (Wildman–Crippen MR) is 210 cm³/mol. The molecule has 3 atom stereocenters. The second-order valence-corrected chi connectivity index (χ2v) is 16.5. The molecule has 9 rings (SSSR count). The number of fused-ring (bicyclic) bond motifs is 6. The van der Waals surface area contributed by atoms with E-state index in [-0.39, 0.29) is 42.4 Å². The van der Waals surface area contributed by atoms with Gasteiger partial charge in [0.15, 0.2) is 0 Å². The molecule has 55 heavy (non-hydrogen) atoms. The first-order valence-corrected chi connectivity index (χ1v) is 19.7. The fourth-order valence-electron chi connectivity index (χ4n) is 9.08. The van der Waals surface area contributed by atoms with E-state index in [9.17, 15) is 19.2 Å². The average Bonchev–Trinajstić information content (AvgIpc) is 3.62. The van der Waals surface area contributed by atoms with Crippen molar-refractivity contribution >= 4 is 78.3 Å². The zero-order valence-corrected chi connectivity index (χ0v) is 31.7. The number of halogens is 2. The molecule has 0 aliphatic carbocycles. The number of carbonyl (C=O) groups excluding carboxylic acids is 3. The number of benzene rings is 2. The van der Waals surface area contributed by atoms with E-state index >= 15 is 8.78 Å². The van der Waals surface area contributed by atoms with Gasteiger partial charge in [-0.2, -0.15) is 0 Å². The van der Waals surface area contributed by atoms with Crippen LogP contribution >= 0.6 is 11.3 Å². The van der Waals surface area contributed by atoms with Crippen molar-refractivity contribution in [2.75, 3.05) is 54.9 Å². The normalized spacial score (nSPS) is 23.6. The van der Waals surface area contributed by atoms with Crippen LogP contribution in [-0.4, -0.2) is 101 Å². The fourth-order valence-corrected chi connectivity index (χ4v) is 10.2. The summed E-state index contributed by atoms with van der Waals surface area (Å²) in [6.45, 7) is 3.94. The highest BCUT2D eigenvalue weighted by molar-refractivity contribution is 7.21. The number of thiophene rings is 1. The van der Waals surface area contributed by atoms with Crippen LogP contribution < -0.4 is 31.4 Å². The Hall–Kier alpha value is -5.09. The summed E-state index contributed by atoms with van der Waals surface area (Å²) >= 11 is 1.44. The zero-order valence-electron chi connectivity index (χ0n) is 30.9. The molecule has 3 N–H and O–H groups in total. The number of aromatic nitrogens is 3. The third kappa shape index (κ3) is 6.00. The molecule has 0 bridgehead atoms. The zero-order chi connectivity index (χ0) is 38.3. The van der Waals surface area contributed by atoms with Crippen molar-refractivity contribution in [2.45, 2.75) is 69.1 Å². The topological polar surface area (TPSA) is 137 Å². The average molecular weight is 772 g/mol. The summed E-state index contributed by atoms with van der Waals surface area (Å²) in [7, 11) is 3.50. The number of imidazole rings is 1. The Morgan fingerprint density at radius 3 is 2.49 bits per heavy atom. The van der Waals surface area contributed by atoms with Gasteiger partial charge in [0.2, 0.25) is 11.8 Å². The molecule has 0 saturated carbocycles. The molecule has 3 fully saturated rings. The Labute approximate surface area is 319 Å². The van der Waals surface area contributed by atoms with Crippen LogP contribution in [0.15, 0.2) is 47.3 Å². The minimum atomic E-state index is -2.96. The van der Waals surface area contributed by atoms with Crippen LogP contribution in [0.3, 0.4) is 0 Å². The van der Waals surface area contributed by atoms with Crippen molar-refractivity contribution in [1.82, 2.24) is 29.7 Å². The van der Waals surface area contributed by atoms with E-state index in [0.717, 1.165) is 26.8 Å². The number of rotatable bonds is 5. The van der Waals surface area contributed by atoms with Crippen LogP contribution in [0.2, 0.25) is 0 Å². The summed E-state index contributed by atoms with van der Waals surface area (Å²) in [5, 5.41) is 10.6. The van der Waals surface area contributed by atoms with E-state index in [1.54, 1.807) is 11.9 Å². The molecular weight excluding hydrogens is 729 g/mol. The van der Waals surface area contributed by atoms with Gasteiger partial charge in [-0.25, -0.2) is 18.6 Å². The standard InChI is InChI=1S/C39H43F2N9O4S/c1-21-19-42-34-33-24-5-10-31(44-25(24)6-9-29(33)55-35(34)37(53)43-21)49-17-14-30(39(40,41)20-49)46(2)22-12-15-48(16-13-22)23-4-7-26-28(18-23)47(3)38(54)50(26)27-8-11-32(51)45-36(27)52/h4-7,9-10,18,21-22,27,30,42H,8,11-17,19-20H2,1-3H3,(H,43,53)(H,45,51,52)/t21-,27?,30+/m1/s1. The maximum atomic E-state index is 16.1. The van der Waals surface area contributed by atoms with Gasteiger partial charge in [-0.1, -0.05) is 0 Å². The number of hydrogen-bond acceptors (Lipinski definition) is 10. The number of nitrogens with zero attached hydrogens (tertiary/aromatic N) is 6. The van der Waals surface area contributed by atoms with Crippen LogP contribution in [0, 0.1) is 0 Å². The minimum absolute atomic E-state index is 0.00621. The number of hydrogen-bond donors (Lipinski definition) is 3. The molecule has 13 nitrogen and oxygen atoms in total. The lowest BCUT2D eigenvalue weighted by Crippen LogP contribution is -2.60. The highest BCUT2D eigenvalue weighted by atomic mass is 32.1. The van der Waals surface area contributed by atoms with Crippen LogP contribution in [0.5, 0.6) is 0 Å². The third-order valence-corrected chi connectivity index (χ3v) is 13.2. The maximum Gasteiger partial charge on any atom is 0.329 e. The maximum absolute atomic E-state index is 16.1. The molecule has 3 amide bonds. The number of alkyl halides is 2. The van der Waals surface area contributed by atoms with E-state index in [1.807, 2.05) is 61.3 Å². The van der Waals surface area contributed by atoms with Gasteiger partial charge in [-0.05, 0) is 82.1 Å². The number of aryl methyl sites for hydroxylation is 1. The van der Waals surface area contributed by atoms with Gasteiger partial charge in [0.25, 0.3) is 11.8 Å². The SMILES string of the molecule is C[C@@H]1CNc2c(sc3ccc4nc(N5CC[C@H](N(C)C6CCN(c7ccc8c(c7)n(C)c(=O)n8C7CCC(=O)NC7=O)CC6)C(F)(F)C5)ccc4c23)C(=O)N1. The van der Waals surface area contributed by atoms with E-state index in [2.05, 4.69) is 20.9 Å². The monoisotopic (exact) mass is 771 g/mol. The van der Waals surface area contributed by atoms with E-state index in [4.69, 9.17) is 4.98 Å². The summed E-state index contributed by atoms with van der Waals surface area (Å²) in [5.41, 5.74) is 3.43. The molecule has 0 spiro atoms. The highest BCUT2D eigenvalue weighted by Gasteiger charge is 2.48. The van der Waals surface area contributed by atoms with Crippen LogP contribution in [-0.2, 0) is 16.6 Å². The lowest BCUT2D eigenvalue weighted by Gasteiger charge is -2.47. The highest BCUT2D eigenvalue weighted by Crippen LogP contribution is 2.42.